The highest BCUT2D eigenvalue weighted by Crippen LogP contribution is 2.32. The third-order valence-corrected chi connectivity index (χ3v) is 3.83. The van der Waals surface area contributed by atoms with Gasteiger partial charge in [0, 0.05) is 12.8 Å². The zero-order valence-corrected chi connectivity index (χ0v) is 11.7. The summed E-state index contributed by atoms with van der Waals surface area (Å²) in [6.45, 7) is 0. The standard InChI is InChI=1S/C14H18N4O2/c1-18-16-13(15-17-18)9-14(19)6-5-10-3-4-12(20-2)7-11(10)8-14/h3-4,7,19H,5-6,8-9H2,1-2H3. The Hall–Kier alpha value is -1.95. The topological polar surface area (TPSA) is 73.1 Å². The average molecular weight is 274 g/mol. The predicted molar refractivity (Wildman–Crippen MR) is 72.5 cm³/mol. The molecule has 0 saturated carbocycles. The van der Waals surface area contributed by atoms with Gasteiger partial charge in [-0.05, 0) is 41.3 Å². The third-order valence-electron chi connectivity index (χ3n) is 3.83. The van der Waals surface area contributed by atoms with Gasteiger partial charge >= 0.3 is 0 Å². The summed E-state index contributed by atoms with van der Waals surface area (Å²) in [6, 6.07) is 6.05. The number of hydrogen-bond donors (Lipinski definition) is 1. The second-order valence-corrected chi connectivity index (χ2v) is 5.41. The summed E-state index contributed by atoms with van der Waals surface area (Å²) in [5.74, 6) is 1.41. The molecule has 0 saturated heterocycles. The zero-order chi connectivity index (χ0) is 14.2. The highest BCUT2D eigenvalue weighted by molar-refractivity contribution is 5.38. The minimum atomic E-state index is -0.803. The summed E-state index contributed by atoms with van der Waals surface area (Å²) in [7, 11) is 3.38. The van der Waals surface area contributed by atoms with Crippen molar-refractivity contribution in [3.8, 4) is 5.75 Å². The van der Waals surface area contributed by atoms with Crippen LogP contribution in [0.5, 0.6) is 5.75 Å². The summed E-state index contributed by atoms with van der Waals surface area (Å²) in [6.07, 6.45) is 2.59. The first-order chi connectivity index (χ1) is 9.58. The Morgan fingerprint density at radius 3 is 2.95 bits per heavy atom. The van der Waals surface area contributed by atoms with Crippen LogP contribution in [0.2, 0.25) is 0 Å². The van der Waals surface area contributed by atoms with Gasteiger partial charge in [0.25, 0.3) is 0 Å². The van der Waals surface area contributed by atoms with Crippen LogP contribution in [0.1, 0.15) is 23.4 Å². The molecule has 2 aromatic rings. The molecule has 1 aromatic carbocycles. The van der Waals surface area contributed by atoms with Gasteiger partial charge in [0.1, 0.15) is 5.75 Å². The fraction of sp³-hybridized carbons (Fsp3) is 0.500. The molecule has 1 atom stereocenters. The second kappa shape index (κ2) is 4.86. The number of fused-ring (bicyclic) bond motifs is 1. The van der Waals surface area contributed by atoms with Crippen LogP contribution in [0.4, 0.5) is 0 Å². The molecule has 1 heterocycles. The molecule has 1 aliphatic carbocycles. The third kappa shape index (κ3) is 2.51. The van der Waals surface area contributed by atoms with E-state index in [0.717, 1.165) is 17.7 Å². The van der Waals surface area contributed by atoms with Crippen LogP contribution in [0.3, 0.4) is 0 Å². The quantitative estimate of drug-likeness (QED) is 0.891. The van der Waals surface area contributed by atoms with Gasteiger partial charge in [-0.3, -0.25) is 0 Å². The van der Waals surface area contributed by atoms with E-state index in [1.165, 1.54) is 10.4 Å². The minimum absolute atomic E-state index is 0.428. The zero-order valence-electron chi connectivity index (χ0n) is 11.7. The molecule has 0 aliphatic heterocycles. The number of rotatable bonds is 3. The molecular weight excluding hydrogens is 256 g/mol. The van der Waals surface area contributed by atoms with Gasteiger partial charge in [0.15, 0.2) is 5.82 Å². The predicted octanol–water partition coefficient (Wildman–Crippen LogP) is 0.681. The maximum Gasteiger partial charge on any atom is 0.177 e. The highest BCUT2D eigenvalue weighted by Gasteiger charge is 2.33. The summed E-state index contributed by atoms with van der Waals surface area (Å²) < 4.78 is 5.25. The van der Waals surface area contributed by atoms with Crippen LogP contribution in [-0.4, -0.2) is 38.0 Å². The molecule has 0 bridgehead atoms. The molecule has 3 rings (SSSR count). The Kier molecular flexibility index (Phi) is 3.17. The van der Waals surface area contributed by atoms with E-state index in [9.17, 15) is 5.11 Å². The van der Waals surface area contributed by atoms with Crippen molar-refractivity contribution in [2.75, 3.05) is 7.11 Å². The number of aryl methyl sites for hydroxylation is 2. The van der Waals surface area contributed by atoms with Gasteiger partial charge in [-0.25, -0.2) is 0 Å². The summed E-state index contributed by atoms with van der Waals surface area (Å²) >= 11 is 0. The van der Waals surface area contributed by atoms with Crippen LogP contribution < -0.4 is 4.74 Å². The van der Waals surface area contributed by atoms with E-state index in [-0.39, 0.29) is 0 Å². The number of aliphatic hydroxyl groups is 1. The number of methoxy groups -OCH3 is 1. The molecule has 1 aromatic heterocycles. The van der Waals surface area contributed by atoms with Crippen LogP contribution >= 0.6 is 0 Å². The molecule has 6 heteroatoms. The summed E-state index contributed by atoms with van der Waals surface area (Å²) in [4.78, 5) is 1.42. The van der Waals surface area contributed by atoms with Gasteiger partial charge in [-0.15, -0.1) is 10.2 Å². The van der Waals surface area contributed by atoms with E-state index in [2.05, 4.69) is 21.5 Å². The van der Waals surface area contributed by atoms with Crippen LogP contribution in [0.25, 0.3) is 0 Å². The van der Waals surface area contributed by atoms with Crippen molar-refractivity contribution in [2.45, 2.75) is 31.3 Å². The first-order valence-corrected chi connectivity index (χ1v) is 6.69. The minimum Gasteiger partial charge on any atom is -0.497 e. The SMILES string of the molecule is COc1ccc2c(c1)CC(O)(Cc1nnn(C)n1)CC2. The first kappa shape index (κ1) is 13.1. The summed E-state index contributed by atoms with van der Waals surface area (Å²) in [5.41, 5.74) is 1.62. The van der Waals surface area contributed by atoms with Crippen molar-refractivity contribution in [3.63, 3.8) is 0 Å². The smallest absolute Gasteiger partial charge is 0.177 e. The molecule has 0 radical (unpaired) electrons. The second-order valence-electron chi connectivity index (χ2n) is 5.41. The van der Waals surface area contributed by atoms with Gasteiger partial charge < -0.3 is 9.84 Å². The van der Waals surface area contributed by atoms with Crippen molar-refractivity contribution in [1.82, 2.24) is 20.2 Å². The van der Waals surface area contributed by atoms with E-state index in [0.29, 0.717) is 25.1 Å². The molecule has 20 heavy (non-hydrogen) atoms. The number of tetrazole rings is 1. The monoisotopic (exact) mass is 274 g/mol. The Bertz CT molecular complexity index is 625. The van der Waals surface area contributed by atoms with E-state index < -0.39 is 5.60 Å². The Morgan fingerprint density at radius 1 is 1.40 bits per heavy atom. The van der Waals surface area contributed by atoms with Crippen LogP contribution in [-0.2, 0) is 26.3 Å². The number of aromatic nitrogens is 4. The summed E-state index contributed by atoms with van der Waals surface area (Å²) in [5, 5.41) is 22.7. The first-order valence-electron chi connectivity index (χ1n) is 6.69. The van der Waals surface area contributed by atoms with Gasteiger partial charge in [-0.1, -0.05) is 6.07 Å². The normalized spacial score (nSPS) is 21.6. The average Bonchev–Trinajstić information content (AvgIpc) is 2.82. The maximum absolute atomic E-state index is 10.8. The van der Waals surface area contributed by atoms with Crippen molar-refractivity contribution < 1.29 is 9.84 Å². The maximum atomic E-state index is 10.8. The van der Waals surface area contributed by atoms with Gasteiger partial charge in [0.05, 0.1) is 19.8 Å². The Labute approximate surface area is 117 Å². The van der Waals surface area contributed by atoms with Gasteiger partial charge in [0.2, 0.25) is 0 Å². The molecule has 1 unspecified atom stereocenters. The molecule has 1 N–H and O–H groups in total. The number of ether oxygens (including phenoxy) is 1. The highest BCUT2D eigenvalue weighted by atomic mass is 16.5. The van der Waals surface area contributed by atoms with Crippen molar-refractivity contribution in [2.24, 2.45) is 7.05 Å². The lowest BCUT2D eigenvalue weighted by atomic mass is 9.78. The van der Waals surface area contributed by atoms with Gasteiger partial charge in [-0.2, -0.15) is 4.80 Å². The molecule has 0 spiro atoms. The van der Waals surface area contributed by atoms with E-state index in [4.69, 9.17) is 4.74 Å². The van der Waals surface area contributed by atoms with Crippen LogP contribution in [0, 0.1) is 0 Å². The van der Waals surface area contributed by atoms with Crippen molar-refractivity contribution >= 4 is 0 Å². The fourth-order valence-electron chi connectivity index (χ4n) is 2.79. The lowest BCUT2D eigenvalue weighted by molar-refractivity contribution is 0.0247. The molecule has 6 nitrogen and oxygen atoms in total. The van der Waals surface area contributed by atoms with E-state index in [1.54, 1.807) is 14.2 Å². The largest absolute Gasteiger partial charge is 0.497 e. The lowest BCUT2D eigenvalue weighted by Gasteiger charge is -2.32. The van der Waals surface area contributed by atoms with E-state index in [1.807, 2.05) is 12.1 Å². The molecule has 0 amide bonds. The molecular formula is C14H18N4O2. The number of hydrogen-bond acceptors (Lipinski definition) is 5. The fourth-order valence-corrected chi connectivity index (χ4v) is 2.79. The van der Waals surface area contributed by atoms with Crippen molar-refractivity contribution in [1.29, 1.82) is 0 Å². The van der Waals surface area contributed by atoms with Crippen LogP contribution in [0.15, 0.2) is 18.2 Å². The lowest BCUT2D eigenvalue weighted by Crippen LogP contribution is -2.38. The Balaban J connectivity index is 1.82. The molecule has 0 fully saturated rings. The number of nitrogens with zero attached hydrogens (tertiary/aromatic N) is 4. The van der Waals surface area contributed by atoms with E-state index >= 15 is 0 Å². The Morgan fingerprint density at radius 2 is 2.25 bits per heavy atom. The van der Waals surface area contributed by atoms with Crippen molar-refractivity contribution in [3.05, 3.63) is 35.2 Å². The molecule has 1 aliphatic rings. The molecule has 106 valence electrons. The number of benzene rings is 1.